The number of aromatic hydroxyl groups is 1. The third kappa shape index (κ3) is 3.61. The summed E-state index contributed by atoms with van der Waals surface area (Å²) >= 11 is 0. The number of amides is 1. The lowest BCUT2D eigenvalue weighted by atomic mass is 9.57. The largest absolute Gasteiger partial charge is 0.508 e. The van der Waals surface area contributed by atoms with Gasteiger partial charge in [-0.2, -0.15) is 0 Å². The van der Waals surface area contributed by atoms with E-state index in [4.69, 9.17) is 15.2 Å². The van der Waals surface area contributed by atoms with Crippen LogP contribution in [0.4, 0.5) is 0 Å². The van der Waals surface area contributed by atoms with E-state index in [1.165, 1.54) is 25.2 Å². The summed E-state index contributed by atoms with van der Waals surface area (Å²) in [5.74, 6) is -5.91. The van der Waals surface area contributed by atoms with Gasteiger partial charge in [0, 0.05) is 17.1 Å². The first kappa shape index (κ1) is 27.2. The number of carbonyl (C=O) groups is 3. The number of Topliss-reactive ketones (excluding diaryl/α,β-unsaturated/α-hetero) is 2. The quantitative estimate of drug-likeness (QED) is 0.344. The monoisotopic (exact) mass is 550 g/mol. The van der Waals surface area contributed by atoms with E-state index in [0.717, 1.165) is 0 Å². The number of benzene rings is 2. The molecule has 1 saturated carbocycles. The Morgan fingerprint density at radius 2 is 1.75 bits per heavy atom. The van der Waals surface area contributed by atoms with Crippen molar-refractivity contribution in [3.63, 3.8) is 0 Å². The standard InChI is InChI=1S/C29H30N2O9/c1-31(2)23-17-10-12-9-16-14(15-11-13(39-3)5-8-19(15)40-4)6-7-18(32)21(16)24(33)20(12)26(35)29(17,38)27(36)22(25(23)34)28(30)37/h5-8,11-12,17,23,32-33,36,38H,9-10H2,1-4H3,(H2,30,37)/t12-,17-,23-,29-/m1/s1. The number of hydrogen-bond donors (Lipinski definition) is 5. The van der Waals surface area contributed by atoms with E-state index in [1.807, 2.05) is 0 Å². The molecule has 5 rings (SSSR count). The van der Waals surface area contributed by atoms with Gasteiger partial charge in [0.1, 0.15) is 34.3 Å². The molecule has 2 aromatic carbocycles. The fraction of sp³-hybridized carbons (Fsp3) is 0.345. The Morgan fingerprint density at radius 3 is 2.35 bits per heavy atom. The Kier molecular flexibility index (Phi) is 6.39. The summed E-state index contributed by atoms with van der Waals surface area (Å²) in [4.78, 5) is 40.8. The highest BCUT2D eigenvalue weighted by Gasteiger charge is 2.64. The van der Waals surface area contributed by atoms with Crippen molar-refractivity contribution in [3.8, 4) is 28.4 Å². The molecule has 11 nitrogen and oxygen atoms in total. The molecule has 0 aromatic heterocycles. The van der Waals surface area contributed by atoms with Crippen molar-refractivity contribution < 1.29 is 44.3 Å². The van der Waals surface area contributed by atoms with Crippen LogP contribution in [0.5, 0.6) is 17.2 Å². The van der Waals surface area contributed by atoms with Crippen molar-refractivity contribution in [2.24, 2.45) is 17.6 Å². The number of carbonyl (C=O) groups excluding carboxylic acids is 3. The number of primary amides is 1. The van der Waals surface area contributed by atoms with Crippen LogP contribution in [0.1, 0.15) is 17.5 Å². The van der Waals surface area contributed by atoms with Crippen LogP contribution in [0.2, 0.25) is 0 Å². The summed E-state index contributed by atoms with van der Waals surface area (Å²) < 4.78 is 10.9. The van der Waals surface area contributed by atoms with Gasteiger partial charge in [0.25, 0.3) is 5.91 Å². The molecule has 210 valence electrons. The fourth-order valence-electron chi connectivity index (χ4n) is 6.52. The van der Waals surface area contributed by atoms with Gasteiger partial charge in [0.05, 0.1) is 25.8 Å². The number of methoxy groups -OCH3 is 2. The van der Waals surface area contributed by atoms with Crippen molar-refractivity contribution in [1.82, 2.24) is 4.90 Å². The highest BCUT2D eigenvalue weighted by atomic mass is 16.5. The molecule has 40 heavy (non-hydrogen) atoms. The summed E-state index contributed by atoms with van der Waals surface area (Å²) in [6, 6.07) is 7.10. The lowest BCUT2D eigenvalue weighted by Crippen LogP contribution is -2.65. The predicted octanol–water partition coefficient (Wildman–Crippen LogP) is 1.65. The number of nitrogens with zero attached hydrogens (tertiary/aromatic N) is 1. The van der Waals surface area contributed by atoms with Gasteiger partial charge >= 0.3 is 0 Å². The lowest BCUT2D eigenvalue weighted by Gasteiger charge is -2.50. The highest BCUT2D eigenvalue weighted by molar-refractivity contribution is 6.24. The molecule has 3 aliphatic rings. The number of aliphatic hydroxyl groups is 3. The molecule has 4 atom stereocenters. The molecule has 0 spiro atoms. The van der Waals surface area contributed by atoms with Gasteiger partial charge in [0.15, 0.2) is 11.4 Å². The Labute approximate surface area is 229 Å². The van der Waals surface area contributed by atoms with E-state index in [2.05, 4.69) is 0 Å². The minimum Gasteiger partial charge on any atom is -0.508 e. The van der Waals surface area contributed by atoms with Crippen LogP contribution in [0.15, 0.2) is 47.2 Å². The summed E-state index contributed by atoms with van der Waals surface area (Å²) in [5.41, 5.74) is 3.38. The van der Waals surface area contributed by atoms with Crippen molar-refractivity contribution in [1.29, 1.82) is 0 Å². The Bertz CT molecular complexity index is 1540. The third-order valence-corrected chi connectivity index (χ3v) is 8.30. The molecule has 6 N–H and O–H groups in total. The number of phenols is 1. The summed E-state index contributed by atoms with van der Waals surface area (Å²) in [5, 5.41) is 45.0. The Morgan fingerprint density at radius 1 is 1.05 bits per heavy atom. The second kappa shape index (κ2) is 9.39. The smallest absolute Gasteiger partial charge is 0.255 e. The number of aliphatic hydroxyl groups excluding tert-OH is 2. The zero-order chi connectivity index (χ0) is 29.3. The first-order valence-corrected chi connectivity index (χ1v) is 12.6. The lowest BCUT2D eigenvalue weighted by molar-refractivity contribution is -0.153. The van der Waals surface area contributed by atoms with Crippen LogP contribution in [0.3, 0.4) is 0 Å². The van der Waals surface area contributed by atoms with Crippen LogP contribution in [0, 0.1) is 11.8 Å². The molecule has 3 aliphatic carbocycles. The summed E-state index contributed by atoms with van der Waals surface area (Å²) in [6.45, 7) is 0. The maximum atomic E-state index is 14.0. The Hall–Kier alpha value is -4.35. The number of phenolic OH excluding ortho intramolecular Hbond substituents is 1. The van der Waals surface area contributed by atoms with Gasteiger partial charge in [-0.15, -0.1) is 0 Å². The molecule has 0 unspecified atom stereocenters. The average Bonchev–Trinajstić information content (AvgIpc) is 2.90. The molecule has 2 aromatic rings. The molecule has 11 heteroatoms. The average molecular weight is 551 g/mol. The van der Waals surface area contributed by atoms with E-state index >= 15 is 0 Å². The van der Waals surface area contributed by atoms with Crippen molar-refractivity contribution in [2.45, 2.75) is 24.5 Å². The van der Waals surface area contributed by atoms with E-state index in [9.17, 15) is 34.8 Å². The number of fused-ring (bicyclic) bond motifs is 3. The molecule has 0 aliphatic heterocycles. The predicted molar refractivity (Wildman–Crippen MR) is 143 cm³/mol. The van der Waals surface area contributed by atoms with Gasteiger partial charge in [-0.3, -0.25) is 19.3 Å². The second-order valence-corrected chi connectivity index (χ2v) is 10.5. The van der Waals surface area contributed by atoms with Gasteiger partial charge in [-0.25, -0.2) is 0 Å². The number of ether oxygens (including phenoxy) is 2. The van der Waals surface area contributed by atoms with Gasteiger partial charge in [0.2, 0.25) is 5.78 Å². The van der Waals surface area contributed by atoms with Crippen LogP contribution in [-0.2, 0) is 20.8 Å². The van der Waals surface area contributed by atoms with Crippen LogP contribution < -0.4 is 15.2 Å². The summed E-state index contributed by atoms with van der Waals surface area (Å²) in [7, 11) is 6.14. The van der Waals surface area contributed by atoms with Crippen LogP contribution >= 0.6 is 0 Å². The van der Waals surface area contributed by atoms with E-state index in [1.54, 1.807) is 38.4 Å². The summed E-state index contributed by atoms with van der Waals surface area (Å²) in [6.07, 6.45) is 0.148. The topological polar surface area (TPSA) is 180 Å². The Balaban J connectivity index is 1.75. The molecule has 0 heterocycles. The van der Waals surface area contributed by atoms with Crippen molar-refractivity contribution >= 4 is 23.2 Å². The molecule has 1 amide bonds. The number of hydrogen-bond acceptors (Lipinski definition) is 10. The minimum absolute atomic E-state index is 0.00124. The SMILES string of the molecule is COc1ccc(OC)c(-c2ccc(O)c3c2C[C@@H]2C[C@@H]4[C@@H](N(C)C)C(=O)C(C(N)=O)=C(O)[C@]4(O)C(=O)C2=C3O)c1. The third-order valence-electron chi connectivity index (χ3n) is 8.30. The van der Waals surface area contributed by atoms with Crippen LogP contribution in [0.25, 0.3) is 16.9 Å². The molecule has 0 saturated heterocycles. The normalized spacial score (nSPS) is 25.9. The number of nitrogens with two attached hydrogens (primary N) is 1. The first-order valence-electron chi connectivity index (χ1n) is 12.6. The second-order valence-electron chi connectivity index (χ2n) is 10.5. The number of ketones is 2. The van der Waals surface area contributed by atoms with E-state index in [0.29, 0.717) is 28.2 Å². The zero-order valence-electron chi connectivity index (χ0n) is 22.4. The van der Waals surface area contributed by atoms with Gasteiger partial charge in [-0.1, -0.05) is 6.07 Å². The number of likely N-dealkylation sites (N-methyl/N-ethyl adjacent to an activating group) is 1. The fourth-order valence-corrected chi connectivity index (χ4v) is 6.52. The molecule has 0 radical (unpaired) electrons. The van der Waals surface area contributed by atoms with Crippen molar-refractivity contribution in [2.75, 3.05) is 28.3 Å². The maximum Gasteiger partial charge on any atom is 0.255 e. The maximum absolute atomic E-state index is 14.0. The van der Waals surface area contributed by atoms with Crippen LogP contribution in [-0.4, -0.2) is 82.8 Å². The van der Waals surface area contributed by atoms with Gasteiger partial charge in [-0.05, 0) is 68.2 Å². The molecular weight excluding hydrogens is 520 g/mol. The minimum atomic E-state index is -2.69. The molecular formula is C29H30N2O9. The molecule has 1 fully saturated rings. The zero-order valence-corrected chi connectivity index (χ0v) is 22.4. The van der Waals surface area contributed by atoms with E-state index < -0.39 is 58.0 Å². The van der Waals surface area contributed by atoms with Gasteiger partial charge < -0.3 is 35.6 Å². The number of rotatable bonds is 5. The highest BCUT2D eigenvalue weighted by Crippen LogP contribution is 2.54. The first-order chi connectivity index (χ1) is 18.9. The van der Waals surface area contributed by atoms with E-state index in [-0.39, 0.29) is 29.7 Å². The molecule has 0 bridgehead atoms. The van der Waals surface area contributed by atoms with Crippen molar-refractivity contribution in [3.05, 3.63) is 58.4 Å².